The predicted molar refractivity (Wildman–Crippen MR) is 34.8 cm³/mol. The Bertz CT molecular complexity index is 324. The fourth-order valence-corrected chi connectivity index (χ4v) is 1.09. The molecular weight excluding hydrogens is 154 g/mol. The summed E-state index contributed by atoms with van der Waals surface area (Å²) in [6.07, 6.45) is 1.33. The van der Waals surface area contributed by atoms with E-state index in [0.717, 1.165) is 5.56 Å². The molecule has 0 atom stereocenters. The first-order valence-corrected chi connectivity index (χ1v) is 4.13. The number of hydrogen-bond acceptors (Lipinski definition) is 3. The van der Waals surface area contributed by atoms with Crippen LogP contribution in [0.5, 0.6) is 0 Å². The van der Waals surface area contributed by atoms with Crippen LogP contribution in [-0.4, -0.2) is 8.42 Å². The monoisotopic (exact) mass is 161 g/mol. The molecule has 0 unspecified atom stereocenters. The van der Waals surface area contributed by atoms with Gasteiger partial charge in [0.1, 0.15) is 0 Å². The summed E-state index contributed by atoms with van der Waals surface area (Å²) >= 11 is 0. The Morgan fingerprint density at radius 3 is 2.40 bits per heavy atom. The van der Waals surface area contributed by atoms with Crippen molar-refractivity contribution in [3.63, 3.8) is 0 Å². The summed E-state index contributed by atoms with van der Waals surface area (Å²) in [4.78, 5) is 0. The summed E-state index contributed by atoms with van der Waals surface area (Å²) in [5.74, 6) is 0. The van der Waals surface area contributed by atoms with Crippen LogP contribution in [0.15, 0.2) is 21.8 Å². The number of nitrogens with two attached hydrogens (primary N) is 1. The van der Waals surface area contributed by atoms with Crippen molar-refractivity contribution in [2.24, 2.45) is 5.14 Å². The van der Waals surface area contributed by atoms with Crippen molar-refractivity contribution >= 4 is 10.0 Å². The molecule has 0 radical (unpaired) electrons. The zero-order chi connectivity index (χ0) is 7.78. The Morgan fingerprint density at radius 2 is 2.20 bits per heavy atom. The van der Waals surface area contributed by atoms with Gasteiger partial charge < -0.3 is 4.42 Å². The quantitative estimate of drug-likeness (QED) is 0.641. The molecule has 4 nitrogen and oxygen atoms in total. The van der Waals surface area contributed by atoms with E-state index in [1.807, 2.05) is 0 Å². The summed E-state index contributed by atoms with van der Waals surface area (Å²) < 4.78 is 25.7. The van der Waals surface area contributed by atoms with Crippen molar-refractivity contribution < 1.29 is 12.8 Å². The molecule has 0 fully saturated rings. The van der Waals surface area contributed by atoms with E-state index in [4.69, 9.17) is 5.14 Å². The molecule has 0 bridgehead atoms. The minimum Gasteiger partial charge on any atom is -0.451 e. The molecule has 1 aromatic rings. The molecule has 0 saturated carbocycles. The van der Waals surface area contributed by atoms with E-state index < -0.39 is 10.0 Å². The summed E-state index contributed by atoms with van der Waals surface area (Å²) in [5.41, 5.74) is 0.740. The van der Waals surface area contributed by atoms with Crippen LogP contribution in [-0.2, 0) is 10.0 Å². The molecule has 5 heteroatoms. The Labute approximate surface area is 58.7 Å². The zero-order valence-corrected chi connectivity index (χ0v) is 6.18. The second-order valence-electron chi connectivity index (χ2n) is 1.99. The van der Waals surface area contributed by atoms with E-state index in [1.54, 1.807) is 6.92 Å². The van der Waals surface area contributed by atoms with E-state index >= 15 is 0 Å². The molecule has 56 valence electrons. The van der Waals surface area contributed by atoms with E-state index in [-0.39, 0.29) is 5.09 Å². The van der Waals surface area contributed by atoms with Gasteiger partial charge in [-0.2, -0.15) is 0 Å². The molecule has 2 N–H and O–H groups in total. The summed E-state index contributed by atoms with van der Waals surface area (Å²) in [5, 5.41) is 4.56. The van der Waals surface area contributed by atoms with Gasteiger partial charge in [-0.25, -0.2) is 13.6 Å². The van der Waals surface area contributed by atoms with E-state index in [0.29, 0.717) is 0 Å². The highest BCUT2D eigenvalue weighted by atomic mass is 32.2. The lowest BCUT2D eigenvalue weighted by atomic mass is 10.4. The first-order chi connectivity index (χ1) is 4.50. The lowest BCUT2D eigenvalue weighted by Gasteiger charge is -1.86. The largest absolute Gasteiger partial charge is 0.451 e. The maximum Gasteiger partial charge on any atom is 0.271 e. The molecular formula is C5H7NO3S. The number of furan rings is 1. The van der Waals surface area contributed by atoms with Gasteiger partial charge in [-0.3, -0.25) is 0 Å². The Balaban J connectivity index is 3.21. The molecule has 1 heterocycles. The number of rotatable bonds is 1. The van der Waals surface area contributed by atoms with Crippen LogP contribution in [0, 0.1) is 6.92 Å². The molecule has 1 aromatic heterocycles. The number of hydrogen-bond donors (Lipinski definition) is 1. The zero-order valence-electron chi connectivity index (χ0n) is 5.37. The summed E-state index contributed by atoms with van der Waals surface area (Å²) in [6, 6.07) is 1.37. The van der Waals surface area contributed by atoms with Gasteiger partial charge in [0.2, 0.25) is 5.09 Å². The van der Waals surface area contributed by atoms with E-state index in [1.165, 1.54) is 12.3 Å². The van der Waals surface area contributed by atoms with Gasteiger partial charge in [-0.05, 0) is 12.5 Å². The van der Waals surface area contributed by atoms with Crippen molar-refractivity contribution in [1.29, 1.82) is 0 Å². The standard InChI is InChI=1S/C5H7NO3S/c1-4-2-5(9-3-4)10(6,7)8/h2-3H,1H3,(H2,6,7,8). The predicted octanol–water partition coefficient (Wildman–Crippen LogP) is 0.235. The third-order valence-electron chi connectivity index (χ3n) is 0.987. The van der Waals surface area contributed by atoms with Crippen LogP contribution < -0.4 is 5.14 Å². The van der Waals surface area contributed by atoms with E-state index in [9.17, 15) is 8.42 Å². The smallest absolute Gasteiger partial charge is 0.271 e. The fraction of sp³-hybridized carbons (Fsp3) is 0.200. The van der Waals surface area contributed by atoms with E-state index in [2.05, 4.69) is 4.42 Å². The number of aryl methyl sites for hydroxylation is 1. The molecule has 0 saturated heterocycles. The fourth-order valence-electron chi connectivity index (χ4n) is 0.554. The summed E-state index contributed by atoms with van der Waals surface area (Å²) in [7, 11) is -3.65. The Morgan fingerprint density at radius 1 is 1.60 bits per heavy atom. The van der Waals surface area contributed by atoms with Gasteiger partial charge in [-0.15, -0.1) is 0 Å². The highest BCUT2D eigenvalue weighted by Gasteiger charge is 2.10. The summed E-state index contributed by atoms with van der Waals surface area (Å²) in [6.45, 7) is 1.72. The van der Waals surface area contributed by atoms with Gasteiger partial charge in [0.25, 0.3) is 10.0 Å². The van der Waals surface area contributed by atoms with Crippen LogP contribution in [0.3, 0.4) is 0 Å². The van der Waals surface area contributed by atoms with Crippen molar-refractivity contribution in [1.82, 2.24) is 0 Å². The van der Waals surface area contributed by atoms with Crippen molar-refractivity contribution in [2.75, 3.05) is 0 Å². The Hall–Kier alpha value is -0.810. The minimum atomic E-state index is -3.65. The SMILES string of the molecule is Cc1coc(S(N)(=O)=O)c1. The van der Waals surface area contributed by atoms with Gasteiger partial charge in [0.05, 0.1) is 6.26 Å². The third kappa shape index (κ3) is 1.37. The van der Waals surface area contributed by atoms with Crippen molar-refractivity contribution in [3.05, 3.63) is 17.9 Å². The van der Waals surface area contributed by atoms with Crippen LogP contribution >= 0.6 is 0 Å². The third-order valence-corrected chi connectivity index (χ3v) is 1.76. The molecule has 0 aliphatic rings. The highest BCUT2D eigenvalue weighted by Crippen LogP contribution is 2.09. The highest BCUT2D eigenvalue weighted by molar-refractivity contribution is 7.89. The van der Waals surface area contributed by atoms with Crippen LogP contribution in [0.1, 0.15) is 5.56 Å². The molecule has 1 rings (SSSR count). The molecule has 0 amide bonds. The van der Waals surface area contributed by atoms with Crippen molar-refractivity contribution in [3.8, 4) is 0 Å². The van der Waals surface area contributed by atoms with Crippen LogP contribution in [0.25, 0.3) is 0 Å². The maximum absolute atomic E-state index is 10.5. The second-order valence-corrected chi connectivity index (χ2v) is 3.48. The first kappa shape index (κ1) is 7.30. The van der Waals surface area contributed by atoms with Crippen LogP contribution in [0.2, 0.25) is 0 Å². The molecule has 10 heavy (non-hydrogen) atoms. The Kier molecular flexibility index (Phi) is 1.53. The molecule has 0 spiro atoms. The maximum atomic E-state index is 10.5. The first-order valence-electron chi connectivity index (χ1n) is 2.58. The van der Waals surface area contributed by atoms with Gasteiger partial charge >= 0.3 is 0 Å². The van der Waals surface area contributed by atoms with Gasteiger partial charge in [0, 0.05) is 6.07 Å². The normalized spacial score (nSPS) is 11.8. The van der Waals surface area contributed by atoms with Gasteiger partial charge in [0.15, 0.2) is 0 Å². The van der Waals surface area contributed by atoms with Crippen LogP contribution in [0.4, 0.5) is 0 Å². The molecule has 0 aromatic carbocycles. The van der Waals surface area contributed by atoms with Crippen molar-refractivity contribution in [2.45, 2.75) is 12.0 Å². The number of primary sulfonamides is 1. The minimum absolute atomic E-state index is 0.190. The average Bonchev–Trinajstić information content (AvgIpc) is 2.11. The lowest BCUT2D eigenvalue weighted by Crippen LogP contribution is -2.10. The molecule has 0 aliphatic heterocycles. The second kappa shape index (κ2) is 2.10. The average molecular weight is 161 g/mol. The molecule has 0 aliphatic carbocycles. The number of sulfonamides is 1. The topological polar surface area (TPSA) is 73.3 Å². The lowest BCUT2D eigenvalue weighted by molar-refractivity contribution is 0.450. The van der Waals surface area contributed by atoms with Gasteiger partial charge in [-0.1, -0.05) is 0 Å².